The molecule has 1 atom stereocenters. The second-order valence-corrected chi connectivity index (χ2v) is 5.38. The minimum atomic E-state index is 0.480. The molecular formula is C14H25N5O. The van der Waals surface area contributed by atoms with Crippen LogP contribution in [0.4, 0.5) is 5.95 Å². The van der Waals surface area contributed by atoms with Crippen molar-refractivity contribution in [3.05, 3.63) is 11.8 Å². The molecule has 1 aliphatic heterocycles. The van der Waals surface area contributed by atoms with Gasteiger partial charge >= 0.3 is 0 Å². The topological polar surface area (TPSA) is 53.5 Å². The number of anilines is 1. The molecule has 0 aliphatic carbocycles. The van der Waals surface area contributed by atoms with Gasteiger partial charge in [-0.3, -0.25) is 4.90 Å². The van der Waals surface area contributed by atoms with E-state index < -0.39 is 0 Å². The van der Waals surface area contributed by atoms with Crippen LogP contribution in [0, 0.1) is 6.92 Å². The molecule has 20 heavy (non-hydrogen) atoms. The van der Waals surface area contributed by atoms with Crippen LogP contribution in [0.15, 0.2) is 6.07 Å². The average Bonchev–Trinajstić information content (AvgIpc) is 2.40. The van der Waals surface area contributed by atoms with Gasteiger partial charge in [0.2, 0.25) is 11.8 Å². The van der Waals surface area contributed by atoms with Gasteiger partial charge in [0.25, 0.3) is 0 Å². The normalized spacial score (nSPS) is 20.9. The molecule has 0 spiro atoms. The first-order valence-electron chi connectivity index (χ1n) is 7.19. The number of likely N-dealkylation sites (N-methyl/N-ethyl adjacent to an activating group) is 2. The van der Waals surface area contributed by atoms with Crippen molar-refractivity contribution in [3.8, 4) is 5.88 Å². The highest BCUT2D eigenvalue weighted by molar-refractivity contribution is 5.30. The van der Waals surface area contributed by atoms with Crippen LogP contribution >= 0.6 is 0 Å². The third-order valence-corrected chi connectivity index (χ3v) is 3.60. The molecule has 1 aromatic rings. The minimum Gasteiger partial charge on any atom is -0.478 e. The zero-order valence-electron chi connectivity index (χ0n) is 12.9. The standard InChI is InChI=1S/C14H25N5O/c1-5-20-13-8-11(2)16-14(17-13)15-9-12-10-18(3)6-7-19(12)4/h8,12H,5-7,9-10H2,1-4H3,(H,15,16,17). The van der Waals surface area contributed by atoms with Crippen molar-refractivity contribution in [1.82, 2.24) is 19.8 Å². The molecule has 6 nitrogen and oxygen atoms in total. The first-order valence-corrected chi connectivity index (χ1v) is 7.19. The Morgan fingerprint density at radius 3 is 2.90 bits per heavy atom. The summed E-state index contributed by atoms with van der Waals surface area (Å²) in [7, 11) is 4.33. The van der Waals surface area contributed by atoms with Crippen molar-refractivity contribution in [3.63, 3.8) is 0 Å². The van der Waals surface area contributed by atoms with E-state index in [2.05, 4.69) is 39.2 Å². The van der Waals surface area contributed by atoms with Gasteiger partial charge < -0.3 is 15.0 Å². The van der Waals surface area contributed by atoms with Crippen molar-refractivity contribution in [2.75, 3.05) is 52.2 Å². The highest BCUT2D eigenvalue weighted by Gasteiger charge is 2.22. The smallest absolute Gasteiger partial charge is 0.226 e. The van der Waals surface area contributed by atoms with E-state index in [1.807, 2.05) is 19.9 Å². The average molecular weight is 279 g/mol. The van der Waals surface area contributed by atoms with Gasteiger partial charge in [0.15, 0.2) is 0 Å². The molecule has 1 aromatic heterocycles. The van der Waals surface area contributed by atoms with Gasteiger partial charge in [0, 0.05) is 44.0 Å². The fourth-order valence-electron chi connectivity index (χ4n) is 2.37. The molecule has 0 radical (unpaired) electrons. The number of nitrogens with zero attached hydrogens (tertiary/aromatic N) is 4. The van der Waals surface area contributed by atoms with E-state index in [-0.39, 0.29) is 0 Å². The highest BCUT2D eigenvalue weighted by Crippen LogP contribution is 2.13. The molecular weight excluding hydrogens is 254 g/mol. The van der Waals surface area contributed by atoms with Crippen molar-refractivity contribution in [1.29, 1.82) is 0 Å². The van der Waals surface area contributed by atoms with E-state index in [1.165, 1.54) is 0 Å². The Morgan fingerprint density at radius 2 is 2.15 bits per heavy atom. The summed E-state index contributed by atoms with van der Waals surface area (Å²) >= 11 is 0. The van der Waals surface area contributed by atoms with E-state index >= 15 is 0 Å². The van der Waals surface area contributed by atoms with Crippen molar-refractivity contribution < 1.29 is 4.74 Å². The fraction of sp³-hybridized carbons (Fsp3) is 0.714. The van der Waals surface area contributed by atoms with Crippen molar-refractivity contribution in [2.45, 2.75) is 19.9 Å². The van der Waals surface area contributed by atoms with Gasteiger partial charge in [0.05, 0.1) is 6.61 Å². The molecule has 1 N–H and O–H groups in total. The van der Waals surface area contributed by atoms with Crippen molar-refractivity contribution in [2.24, 2.45) is 0 Å². The Balaban J connectivity index is 1.95. The molecule has 0 bridgehead atoms. The van der Waals surface area contributed by atoms with Crippen LogP contribution < -0.4 is 10.1 Å². The predicted octanol–water partition coefficient (Wildman–Crippen LogP) is 0.841. The molecule has 2 rings (SSSR count). The van der Waals surface area contributed by atoms with Gasteiger partial charge in [0.1, 0.15) is 0 Å². The number of hydrogen-bond donors (Lipinski definition) is 1. The van der Waals surface area contributed by atoms with Gasteiger partial charge in [-0.1, -0.05) is 0 Å². The maximum absolute atomic E-state index is 5.45. The Kier molecular flexibility index (Phi) is 5.14. The maximum atomic E-state index is 5.45. The van der Waals surface area contributed by atoms with E-state index in [4.69, 9.17) is 4.74 Å². The summed E-state index contributed by atoms with van der Waals surface area (Å²) in [6.07, 6.45) is 0. The number of hydrogen-bond acceptors (Lipinski definition) is 6. The Hall–Kier alpha value is -1.40. The van der Waals surface area contributed by atoms with E-state index in [0.29, 0.717) is 24.5 Å². The van der Waals surface area contributed by atoms with Gasteiger partial charge in [-0.05, 0) is 27.9 Å². The number of ether oxygens (including phenoxy) is 1. The Labute approximate surface area is 121 Å². The second-order valence-electron chi connectivity index (χ2n) is 5.38. The quantitative estimate of drug-likeness (QED) is 0.862. The molecule has 0 aromatic carbocycles. The first kappa shape index (κ1) is 15.0. The molecule has 1 fully saturated rings. The van der Waals surface area contributed by atoms with Crippen LogP contribution in [0.3, 0.4) is 0 Å². The summed E-state index contributed by atoms with van der Waals surface area (Å²) in [5, 5.41) is 3.33. The summed E-state index contributed by atoms with van der Waals surface area (Å²) in [6.45, 7) is 8.66. The summed E-state index contributed by atoms with van der Waals surface area (Å²) in [5.74, 6) is 1.28. The molecule has 1 unspecified atom stereocenters. The fourth-order valence-corrected chi connectivity index (χ4v) is 2.37. The van der Waals surface area contributed by atoms with Crippen LogP contribution in [0.25, 0.3) is 0 Å². The molecule has 1 aliphatic rings. The van der Waals surface area contributed by atoms with E-state index in [0.717, 1.165) is 31.9 Å². The second kappa shape index (κ2) is 6.85. The third-order valence-electron chi connectivity index (χ3n) is 3.60. The molecule has 112 valence electrons. The van der Waals surface area contributed by atoms with Crippen LogP contribution in [-0.2, 0) is 0 Å². The van der Waals surface area contributed by atoms with Gasteiger partial charge in [-0.15, -0.1) is 0 Å². The van der Waals surface area contributed by atoms with Crippen LogP contribution in [-0.4, -0.2) is 72.7 Å². The predicted molar refractivity (Wildman–Crippen MR) is 80.3 cm³/mol. The highest BCUT2D eigenvalue weighted by atomic mass is 16.5. The lowest BCUT2D eigenvalue weighted by atomic mass is 10.2. The van der Waals surface area contributed by atoms with Crippen molar-refractivity contribution >= 4 is 5.95 Å². The first-order chi connectivity index (χ1) is 9.58. The lowest BCUT2D eigenvalue weighted by molar-refractivity contribution is 0.121. The van der Waals surface area contributed by atoms with E-state index in [9.17, 15) is 0 Å². The monoisotopic (exact) mass is 279 g/mol. The molecule has 0 saturated carbocycles. The number of aromatic nitrogens is 2. The molecule has 1 saturated heterocycles. The zero-order chi connectivity index (χ0) is 14.5. The molecule has 2 heterocycles. The number of piperazine rings is 1. The van der Waals surface area contributed by atoms with Gasteiger partial charge in [-0.2, -0.15) is 4.98 Å². The number of rotatable bonds is 5. The Bertz CT molecular complexity index is 440. The summed E-state index contributed by atoms with van der Waals surface area (Å²) < 4.78 is 5.45. The van der Waals surface area contributed by atoms with E-state index in [1.54, 1.807) is 0 Å². The van der Waals surface area contributed by atoms with Crippen LogP contribution in [0.5, 0.6) is 5.88 Å². The third kappa shape index (κ3) is 4.05. The SMILES string of the molecule is CCOc1cc(C)nc(NCC2CN(C)CCN2C)n1. The maximum Gasteiger partial charge on any atom is 0.226 e. The summed E-state index contributed by atoms with van der Waals surface area (Å²) in [4.78, 5) is 13.5. The largest absolute Gasteiger partial charge is 0.478 e. The summed E-state index contributed by atoms with van der Waals surface area (Å²) in [6, 6.07) is 2.34. The summed E-state index contributed by atoms with van der Waals surface area (Å²) in [5.41, 5.74) is 0.917. The van der Waals surface area contributed by atoms with Gasteiger partial charge in [-0.25, -0.2) is 4.98 Å². The lowest BCUT2D eigenvalue weighted by Gasteiger charge is -2.37. The van der Waals surface area contributed by atoms with Crippen LogP contribution in [0.1, 0.15) is 12.6 Å². The number of aryl methyl sites for hydroxylation is 1. The Morgan fingerprint density at radius 1 is 1.35 bits per heavy atom. The zero-order valence-corrected chi connectivity index (χ0v) is 12.9. The van der Waals surface area contributed by atoms with Crippen LogP contribution in [0.2, 0.25) is 0 Å². The molecule has 6 heteroatoms. The lowest BCUT2D eigenvalue weighted by Crippen LogP contribution is -2.52. The molecule has 0 amide bonds. The minimum absolute atomic E-state index is 0.480. The number of nitrogens with one attached hydrogen (secondary N) is 1.